The van der Waals surface area contributed by atoms with E-state index in [1.165, 1.54) is 0 Å². The normalized spacial score (nSPS) is 21.2. The molecule has 1 saturated heterocycles. The van der Waals surface area contributed by atoms with Crippen LogP contribution in [0.2, 0.25) is 0 Å². The van der Waals surface area contributed by atoms with Gasteiger partial charge in [-0.25, -0.2) is 4.98 Å². The molecule has 2 N–H and O–H groups in total. The maximum Gasteiger partial charge on any atom is 0.221 e. The van der Waals surface area contributed by atoms with Crippen molar-refractivity contribution in [2.75, 3.05) is 32.7 Å². The number of imidazole rings is 1. The number of guanidine groups is 1. The van der Waals surface area contributed by atoms with E-state index in [2.05, 4.69) is 50.8 Å². The molecule has 2 rings (SSSR count). The molecule has 140 valence electrons. The van der Waals surface area contributed by atoms with Gasteiger partial charge in [0.05, 0.1) is 18.9 Å². The number of hydrogen-bond donors (Lipinski definition) is 2. The lowest BCUT2D eigenvalue weighted by atomic mass is 9.93. The SMILES string of the molecule is CCCNC(=O)CCN=C(NCC)N1CCC(C)C(n2ccnc2)C1. The summed E-state index contributed by atoms with van der Waals surface area (Å²) >= 11 is 0. The van der Waals surface area contributed by atoms with E-state index in [1.807, 2.05) is 18.7 Å². The van der Waals surface area contributed by atoms with Gasteiger partial charge in [-0.15, -0.1) is 0 Å². The number of piperidine rings is 1. The van der Waals surface area contributed by atoms with Crippen LogP contribution in [0, 0.1) is 5.92 Å². The van der Waals surface area contributed by atoms with Crippen molar-refractivity contribution < 1.29 is 4.79 Å². The Morgan fingerprint density at radius 3 is 2.88 bits per heavy atom. The summed E-state index contributed by atoms with van der Waals surface area (Å²) in [6, 6.07) is 0.396. The zero-order valence-corrected chi connectivity index (χ0v) is 15.7. The van der Waals surface area contributed by atoms with Crippen LogP contribution >= 0.6 is 0 Å². The third kappa shape index (κ3) is 5.76. The van der Waals surface area contributed by atoms with Crippen molar-refractivity contribution in [3.05, 3.63) is 18.7 Å². The van der Waals surface area contributed by atoms with Crippen LogP contribution in [0.25, 0.3) is 0 Å². The molecule has 0 radical (unpaired) electrons. The summed E-state index contributed by atoms with van der Waals surface area (Å²) in [5.41, 5.74) is 0. The number of aliphatic imine (C=N–C) groups is 1. The fraction of sp³-hybridized carbons (Fsp3) is 0.722. The van der Waals surface area contributed by atoms with Crippen LogP contribution in [0.1, 0.15) is 46.1 Å². The summed E-state index contributed by atoms with van der Waals surface area (Å²) in [5.74, 6) is 1.58. The van der Waals surface area contributed by atoms with Gasteiger partial charge in [-0.1, -0.05) is 13.8 Å². The Bertz CT molecular complexity index is 542. The summed E-state index contributed by atoms with van der Waals surface area (Å²) in [4.78, 5) is 22.9. The number of amides is 1. The quantitative estimate of drug-likeness (QED) is 0.580. The maximum atomic E-state index is 11.7. The standard InChI is InChI=1S/C18H32N6O/c1-4-8-21-17(25)6-9-22-18(20-5-2)23-11-7-15(3)16(13-23)24-12-10-19-14-24/h10,12,14-16H,4-9,11,13H2,1-3H3,(H,20,22)(H,21,25). The second kappa shape index (κ2) is 10.1. The molecule has 1 aliphatic rings. The third-order valence-electron chi connectivity index (χ3n) is 4.63. The van der Waals surface area contributed by atoms with Crippen molar-refractivity contribution in [2.24, 2.45) is 10.9 Å². The average molecular weight is 348 g/mol. The highest BCUT2D eigenvalue weighted by Gasteiger charge is 2.28. The fourth-order valence-electron chi connectivity index (χ4n) is 3.14. The summed E-state index contributed by atoms with van der Waals surface area (Å²) in [6.45, 7) is 10.4. The molecule has 0 spiro atoms. The first-order valence-corrected chi connectivity index (χ1v) is 9.43. The molecule has 1 aromatic heterocycles. The van der Waals surface area contributed by atoms with Crippen molar-refractivity contribution in [1.82, 2.24) is 25.1 Å². The minimum Gasteiger partial charge on any atom is -0.357 e. The number of hydrogen-bond acceptors (Lipinski definition) is 3. The molecule has 1 aliphatic heterocycles. The molecule has 0 aromatic carbocycles. The number of rotatable bonds is 7. The Kier molecular flexibility index (Phi) is 7.76. The van der Waals surface area contributed by atoms with E-state index in [-0.39, 0.29) is 5.91 Å². The van der Waals surface area contributed by atoms with Crippen LogP contribution in [0.15, 0.2) is 23.7 Å². The zero-order chi connectivity index (χ0) is 18.1. The predicted octanol–water partition coefficient (Wildman–Crippen LogP) is 1.65. The molecule has 1 aromatic rings. The predicted molar refractivity (Wildman–Crippen MR) is 101 cm³/mol. The number of carbonyl (C=O) groups excluding carboxylic acids is 1. The van der Waals surface area contributed by atoms with Gasteiger partial charge >= 0.3 is 0 Å². The summed E-state index contributed by atoms with van der Waals surface area (Å²) in [5, 5.41) is 6.27. The van der Waals surface area contributed by atoms with Gasteiger partial charge in [-0.05, 0) is 25.7 Å². The van der Waals surface area contributed by atoms with Crippen molar-refractivity contribution >= 4 is 11.9 Å². The molecule has 2 heterocycles. The number of carbonyl (C=O) groups is 1. The number of nitrogens with zero attached hydrogens (tertiary/aromatic N) is 4. The number of aromatic nitrogens is 2. The number of nitrogens with one attached hydrogen (secondary N) is 2. The monoisotopic (exact) mass is 348 g/mol. The molecule has 1 fully saturated rings. The molecule has 2 atom stereocenters. The van der Waals surface area contributed by atoms with E-state index in [1.54, 1.807) is 0 Å². The van der Waals surface area contributed by atoms with Gasteiger partial charge in [0.2, 0.25) is 5.91 Å². The van der Waals surface area contributed by atoms with E-state index in [0.29, 0.717) is 24.9 Å². The van der Waals surface area contributed by atoms with Crippen LogP contribution in [0.3, 0.4) is 0 Å². The first-order valence-electron chi connectivity index (χ1n) is 9.43. The second-order valence-electron chi connectivity index (χ2n) is 6.62. The van der Waals surface area contributed by atoms with Crippen LogP contribution in [-0.2, 0) is 4.79 Å². The highest BCUT2D eigenvalue weighted by Crippen LogP contribution is 2.27. The Morgan fingerprint density at radius 2 is 2.20 bits per heavy atom. The molecule has 1 amide bonds. The van der Waals surface area contributed by atoms with E-state index < -0.39 is 0 Å². The fourth-order valence-corrected chi connectivity index (χ4v) is 3.14. The van der Waals surface area contributed by atoms with Gasteiger partial charge in [-0.3, -0.25) is 9.79 Å². The van der Waals surface area contributed by atoms with Crippen LogP contribution in [0.4, 0.5) is 0 Å². The molecule has 2 unspecified atom stereocenters. The van der Waals surface area contributed by atoms with Gasteiger partial charge in [0, 0.05) is 45.0 Å². The summed E-state index contributed by atoms with van der Waals surface area (Å²) in [6.07, 6.45) is 8.27. The molecule has 7 nitrogen and oxygen atoms in total. The van der Waals surface area contributed by atoms with Crippen molar-refractivity contribution in [3.8, 4) is 0 Å². The van der Waals surface area contributed by atoms with Crippen LogP contribution in [0.5, 0.6) is 0 Å². The Morgan fingerprint density at radius 1 is 1.36 bits per heavy atom. The van der Waals surface area contributed by atoms with E-state index >= 15 is 0 Å². The smallest absolute Gasteiger partial charge is 0.221 e. The van der Waals surface area contributed by atoms with Gasteiger partial charge in [0.1, 0.15) is 0 Å². The summed E-state index contributed by atoms with van der Waals surface area (Å²) < 4.78 is 2.19. The van der Waals surface area contributed by atoms with Crippen molar-refractivity contribution in [3.63, 3.8) is 0 Å². The first kappa shape index (κ1) is 19.3. The number of likely N-dealkylation sites (tertiary alicyclic amines) is 1. The zero-order valence-electron chi connectivity index (χ0n) is 15.7. The highest BCUT2D eigenvalue weighted by atomic mass is 16.1. The second-order valence-corrected chi connectivity index (χ2v) is 6.62. The Hall–Kier alpha value is -2.05. The van der Waals surface area contributed by atoms with Gasteiger partial charge in [-0.2, -0.15) is 0 Å². The van der Waals surface area contributed by atoms with Gasteiger partial charge in [0.25, 0.3) is 0 Å². The lowest BCUT2D eigenvalue weighted by molar-refractivity contribution is -0.120. The van der Waals surface area contributed by atoms with Crippen molar-refractivity contribution in [1.29, 1.82) is 0 Å². The maximum absolute atomic E-state index is 11.7. The Labute approximate surface area is 150 Å². The summed E-state index contributed by atoms with van der Waals surface area (Å²) in [7, 11) is 0. The van der Waals surface area contributed by atoms with Gasteiger partial charge in [0.15, 0.2) is 5.96 Å². The van der Waals surface area contributed by atoms with Crippen LogP contribution < -0.4 is 10.6 Å². The van der Waals surface area contributed by atoms with E-state index in [4.69, 9.17) is 0 Å². The van der Waals surface area contributed by atoms with E-state index in [0.717, 1.165) is 45.0 Å². The molecule has 0 saturated carbocycles. The molecule has 0 aliphatic carbocycles. The highest BCUT2D eigenvalue weighted by molar-refractivity contribution is 5.81. The first-order chi connectivity index (χ1) is 12.2. The minimum absolute atomic E-state index is 0.0741. The molecular weight excluding hydrogens is 316 g/mol. The Balaban J connectivity index is 1.96. The minimum atomic E-state index is 0.0741. The molecule has 7 heteroatoms. The van der Waals surface area contributed by atoms with E-state index in [9.17, 15) is 4.79 Å². The molecule has 25 heavy (non-hydrogen) atoms. The lowest BCUT2D eigenvalue weighted by Crippen LogP contribution is -2.49. The largest absolute Gasteiger partial charge is 0.357 e. The molecular formula is C18H32N6O. The topological polar surface area (TPSA) is 74.6 Å². The van der Waals surface area contributed by atoms with Gasteiger partial charge < -0.3 is 20.1 Å². The average Bonchev–Trinajstić information content (AvgIpc) is 3.14. The third-order valence-corrected chi connectivity index (χ3v) is 4.63. The molecule has 0 bridgehead atoms. The lowest BCUT2D eigenvalue weighted by Gasteiger charge is -2.39. The van der Waals surface area contributed by atoms with Crippen molar-refractivity contribution in [2.45, 2.75) is 46.1 Å². The van der Waals surface area contributed by atoms with Crippen LogP contribution in [-0.4, -0.2) is 59.0 Å².